The third kappa shape index (κ3) is 1.83. The molecule has 0 aromatic heterocycles. The summed E-state index contributed by atoms with van der Waals surface area (Å²) in [4.78, 5) is 0. The zero-order valence-electron chi connectivity index (χ0n) is 11.4. The quantitative estimate of drug-likeness (QED) is 0.589. The van der Waals surface area contributed by atoms with Gasteiger partial charge in [-0.15, -0.1) is 0 Å². The largest absolute Gasteiger partial charge is 0.316 e. The highest BCUT2D eigenvalue weighted by Gasteiger charge is 1.84. The molecule has 0 aliphatic rings. The number of rotatable bonds is 2. The monoisotopic (exact) mass is 130 g/mol. The predicted molar refractivity (Wildman–Crippen MR) is 35.1 cm³/mol. The van der Waals surface area contributed by atoms with Gasteiger partial charge in [-0.1, -0.05) is 30.2 Å². The van der Waals surface area contributed by atoms with E-state index in [2.05, 4.69) is 0 Å². The molecule has 9 heavy (non-hydrogen) atoms. The number of nitrogens with one attached hydrogen (secondary N) is 1. The fraction of sp³-hybridized carbons (Fsp3) is 0.143. The van der Waals surface area contributed by atoms with Crippen LogP contribution in [0.3, 0.4) is 0 Å². The Morgan fingerprint density at radius 2 is 2.22 bits per heavy atom. The lowest BCUT2D eigenvalue weighted by Gasteiger charge is -1.94. The predicted octanol–water partition coefficient (Wildman–Crippen LogP) is 1.17. The van der Waals surface area contributed by atoms with Crippen LogP contribution in [0.4, 0.5) is 0 Å². The van der Waals surface area contributed by atoms with E-state index < -0.39 is 42.3 Å². The first-order valence-electron chi connectivity index (χ1n) is 5.72. The summed E-state index contributed by atoms with van der Waals surface area (Å²) in [5.41, 5.74) is 0.655. The Balaban J connectivity index is 3.65. The van der Waals surface area contributed by atoms with Crippen molar-refractivity contribution in [3.05, 3.63) is 35.8 Å². The van der Waals surface area contributed by atoms with Gasteiger partial charge in [0, 0.05) is 6.50 Å². The number of hydrogen-bond donors (Lipinski definition) is 2. The van der Waals surface area contributed by atoms with E-state index in [1.54, 1.807) is 0 Å². The van der Waals surface area contributed by atoms with Crippen LogP contribution in [0.2, 0.25) is 0 Å². The van der Waals surface area contributed by atoms with Crippen molar-refractivity contribution >= 4 is 0 Å². The molecular formula is C7H9NO. The summed E-state index contributed by atoms with van der Waals surface area (Å²) in [6.45, 7) is -2.60. The second-order valence-electron chi connectivity index (χ2n) is 1.24. The van der Waals surface area contributed by atoms with Crippen LogP contribution in [0.5, 0.6) is 0 Å². The van der Waals surface area contributed by atoms with Crippen LogP contribution >= 0.6 is 0 Å². The van der Waals surface area contributed by atoms with Gasteiger partial charge in [0.2, 0.25) is 0 Å². The summed E-state index contributed by atoms with van der Waals surface area (Å²) >= 11 is 0. The molecule has 0 aliphatic heterocycles. The van der Waals surface area contributed by atoms with Gasteiger partial charge in [-0.25, -0.2) is 5.48 Å². The van der Waals surface area contributed by atoms with E-state index in [0.717, 1.165) is 0 Å². The maximum absolute atomic E-state index is 8.59. The van der Waals surface area contributed by atoms with Gasteiger partial charge in [-0.2, -0.15) is 0 Å². The molecule has 0 atom stereocenters. The minimum Gasteiger partial charge on any atom is -0.316 e. The molecule has 0 radical (unpaired) electrons. The van der Waals surface area contributed by atoms with Crippen molar-refractivity contribution in [2.45, 2.75) is 6.50 Å². The zero-order chi connectivity index (χ0) is 12.7. The summed E-state index contributed by atoms with van der Waals surface area (Å²) in [6.07, 6.45) is 0. The number of benzene rings is 1. The van der Waals surface area contributed by atoms with E-state index in [1.165, 1.54) is 5.48 Å². The Hall–Kier alpha value is -0.860. The van der Waals surface area contributed by atoms with Crippen molar-refractivity contribution in [3.63, 3.8) is 0 Å². The van der Waals surface area contributed by atoms with Crippen molar-refractivity contribution < 1.29 is 14.8 Å². The van der Waals surface area contributed by atoms with E-state index in [4.69, 9.17) is 14.8 Å². The Kier molecular flexibility index (Phi) is 0.648. The van der Waals surface area contributed by atoms with Gasteiger partial charge in [0.15, 0.2) is 0 Å². The van der Waals surface area contributed by atoms with E-state index in [-0.39, 0.29) is 0 Å². The molecule has 0 amide bonds. The third-order valence-corrected chi connectivity index (χ3v) is 0.681. The summed E-state index contributed by atoms with van der Waals surface area (Å²) in [5.74, 6) is 0. The normalized spacial score (nSPS) is 22.1. The van der Waals surface area contributed by atoms with Crippen LogP contribution in [-0.2, 0) is 6.50 Å². The molecule has 0 aliphatic carbocycles. The second-order valence-corrected chi connectivity index (χ2v) is 1.24. The maximum atomic E-state index is 8.59. The molecule has 1 aromatic carbocycles. The van der Waals surface area contributed by atoms with Crippen LogP contribution < -0.4 is 5.48 Å². The molecule has 0 fully saturated rings. The smallest absolute Gasteiger partial charge is 0.0626 e. The lowest BCUT2D eigenvalue weighted by molar-refractivity contribution is 0.161. The zero-order valence-corrected chi connectivity index (χ0v) is 4.45. The van der Waals surface area contributed by atoms with E-state index in [0.29, 0.717) is 0 Å². The molecule has 0 saturated heterocycles. The molecule has 0 saturated carbocycles. The lowest BCUT2D eigenvalue weighted by atomic mass is 10.2. The van der Waals surface area contributed by atoms with Crippen molar-refractivity contribution in [2.75, 3.05) is 0 Å². The molecule has 0 spiro atoms. The fourth-order valence-electron chi connectivity index (χ4n) is 0.368. The fourth-order valence-corrected chi connectivity index (χ4v) is 0.368. The highest BCUT2D eigenvalue weighted by Crippen LogP contribution is 1.95. The highest BCUT2D eigenvalue weighted by molar-refractivity contribution is 5.13. The molecule has 0 bridgehead atoms. The van der Waals surface area contributed by atoms with Gasteiger partial charge >= 0.3 is 0 Å². The number of hydroxylamine groups is 1. The van der Waals surface area contributed by atoms with Crippen LogP contribution in [0.15, 0.2) is 30.2 Å². The molecule has 0 heterocycles. The summed E-state index contributed by atoms with van der Waals surface area (Å²) in [6, 6.07) is -3.26. The third-order valence-electron chi connectivity index (χ3n) is 0.681. The standard InChI is InChI=1S/C7H9NO/c9-8-6-7-4-2-1-3-5-7/h1-5,8-9H,6H2/i1D,2D,3D,4D,5D,6D2. The van der Waals surface area contributed by atoms with Gasteiger partial charge in [-0.05, 0) is 5.56 Å². The maximum Gasteiger partial charge on any atom is 0.0626 e. The van der Waals surface area contributed by atoms with Crippen molar-refractivity contribution in [1.82, 2.24) is 5.48 Å². The van der Waals surface area contributed by atoms with Gasteiger partial charge in [-0.3, -0.25) is 0 Å². The molecule has 1 aromatic rings. The van der Waals surface area contributed by atoms with E-state index in [1.807, 2.05) is 0 Å². The molecule has 1 rings (SSSR count). The van der Waals surface area contributed by atoms with Crippen LogP contribution in [0.1, 0.15) is 15.2 Å². The van der Waals surface area contributed by atoms with E-state index in [9.17, 15) is 0 Å². The van der Waals surface area contributed by atoms with Gasteiger partial charge in [0.05, 0.1) is 9.60 Å². The molecule has 0 unspecified atom stereocenters. The van der Waals surface area contributed by atoms with Crippen LogP contribution in [0.25, 0.3) is 0 Å². The van der Waals surface area contributed by atoms with Gasteiger partial charge in [0.25, 0.3) is 0 Å². The number of hydrogen-bond acceptors (Lipinski definition) is 2. The molecule has 2 heteroatoms. The first-order valence-corrected chi connectivity index (χ1v) is 2.22. The average molecular weight is 130 g/mol. The molecule has 48 valence electrons. The Labute approximate surface area is 63.9 Å². The average Bonchev–Trinajstić information content (AvgIpc) is 2.23. The van der Waals surface area contributed by atoms with Gasteiger partial charge in [0.1, 0.15) is 0 Å². The molecule has 2 nitrogen and oxygen atoms in total. The van der Waals surface area contributed by atoms with Crippen molar-refractivity contribution in [1.29, 1.82) is 0 Å². The SMILES string of the molecule is [2H]c1c([2H])c([2H])c(C([2H])([2H])NO)c([2H])c1[2H]. The first kappa shape index (κ1) is 1.81. The minimum absolute atomic E-state index is 0.604. The summed E-state index contributed by atoms with van der Waals surface area (Å²) in [7, 11) is 0. The second kappa shape index (κ2) is 3.22. The van der Waals surface area contributed by atoms with E-state index >= 15 is 0 Å². The van der Waals surface area contributed by atoms with Gasteiger partial charge < -0.3 is 5.21 Å². The molecule has 2 N–H and O–H groups in total. The van der Waals surface area contributed by atoms with Crippen LogP contribution in [0, 0.1) is 0 Å². The van der Waals surface area contributed by atoms with Crippen molar-refractivity contribution in [2.24, 2.45) is 0 Å². The molecular weight excluding hydrogens is 114 g/mol. The summed E-state index contributed by atoms with van der Waals surface area (Å²) in [5, 5.41) is 8.59. The summed E-state index contributed by atoms with van der Waals surface area (Å²) < 4.78 is 51.4. The first-order chi connectivity index (χ1) is 7.24. The Morgan fingerprint density at radius 3 is 2.78 bits per heavy atom. The van der Waals surface area contributed by atoms with Crippen molar-refractivity contribution in [3.8, 4) is 0 Å². The topological polar surface area (TPSA) is 32.3 Å². The Bertz CT molecular complexity index is 404. The highest BCUT2D eigenvalue weighted by atomic mass is 16.5. The Morgan fingerprint density at radius 1 is 1.56 bits per heavy atom. The minimum atomic E-state index is -2.60. The van der Waals surface area contributed by atoms with Crippen LogP contribution in [-0.4, -0.2) is 5.21 Å². The lowest BCUT2D eigenvalue weighted by Crippen LogP contribution is -2.05.